The quantitative estimate of drug-likeness (QED) is 0.0594. The average Bonchev–Trinajstić information content (AvgIpc) is 1.50. The zero-order chi connectivity index (χ0) is 70.0. The average molecular weight is 1350 g/mol. The lowest BCUT2D eigenvalue weighted by atomic mass is 10.2. The minimum Gasteiger partial charge on any atom is -0.444 e. The van der Waals surface area contributed by atoms with Crippen LogP contribution in [0.3, 0.4) is 0 Å². The molecule has 3 amide bonds. The van der Waals surface area contributed by atoms with Gasteiger partial charge in [-0.05, 0) is 128 Å². The number of hydrogen-bond donors (Lipinski definition) is 5. The fraction of sp³-hybridized carbons (Fsp3) is 0.203. The van der Waals surface area contributed by atoms with Crippen molar-refractivity contribution in [2.24, 2.45) is 0 Å². The molecule has 0 bridgehead atoms. The Morgan fingerprint density at radius 1 is 0.542 bits per heavy atom. The minimum atomic E-state index is -2.74. The smallest absolute Gasteiger partial charge is 0.412 e. The van der Waals surface area contributed by atoms with Crippen LogP contribution in [0.25, 0.3) is 34.1 Å². The van der Waals surface area contributed by atoms with Crippen molar-refractivity contribution >= 4 is 75.1 Å². The maximum atomic E-state index is 14.3. The molecule has 96 heavy (non-hydrogen) atoms. The SMILES string of the molecule is CC(=O)Nc1cc(Nc2nc(-c3cccc(C(F)F)n3)nn3cccc23)c(F)cn1.CC(C)(C)OC(=O)Nc1cc(Cl)ncc1F.Cc1cc(N)c(F)cn1.Cc1cc(NC(=O)OC(C)(C)C)c(F)cn1.FC(F)c1cccc(-c2nc(Oc3ccccc3)c3cccn3n2)n1. The summed E-state index contributed by atoms with van der Waals surface area (Å²) in [5.41, 5.74) is 6.33. The highest BCUT2D eigenvalue weighted by atomic mass is 35.5. The Morgan fingerprint density at radius 2 is 1.03 bits per heavy atom. The third kappa shape index (κ3) is 21.8. The van der Waals surface area contributed by atoms with E-state index in [1.165, 1.54) is 66.0 Å². The Morgan fingerprint density at radius 3 is 1.56 bits per heavy atom. The number of nitrogen functional groups attached to an aromatic ring is 1. The molecule has 0 radical (unpaired) electrons. The number of alkyl halides is 4. The standard InChI is InChI=1S/C19H14F3N7O.C18H12F2N4O.C11H15FN2O2.C10H12ClFN2O2.C6H7FN2/c1-10(30)24-16-8-14(11(20)9-23-16)26-19-15-6-3-7-29(15)28-18(27-19)13-5-2-4-12(25-13)17(21)22;19-16(20)13-8-4-9-14(21-13)17-22-18(15-10-5-11-24(15)23-17)25-12-6-2-1-3-7-12;1-7-5-9(8(12)6-13-7)14-10(15)16-11(2,3)4;1-10(2,3)16-9(15)14-7-4-8(11)13-5-6(7)12;1-4-2-6(8)5(7)3-9-4/h2-9,17H,1H3,(H2,23,24,26,27,28,30);1-11,16H;5-6H,1-4H3,(H,13,14,15);4-5H,1-3H3,(H,13,14,15);2-3H,1H3,(H2,8,9). The van der Waals surface area contributed by atoms with Gasteiger partial charge in [0.1, 0.15) is 61.7 Å². The van der Waals surface area contributed by atoms with Crippen LogP contribution in [0.15, 0.2) is 152 Å². The summed E-state index contributed by atoms with van der Waals surface area (Å²) in [5, 5.41) is 18.6. The van der Waals surface area contributed by atoms with Crippen molar-refractivity contribution in [2.45, 2.75) is 86.4 Å². The van der Waals surface area contributed by atoms with Gasteiger partial charge in [0.2, 0.25) is 23.4 Å². The number of carbonyl (C=O) groups is 3. The predicted molar refractivity (Wildman–Crippen MR) is 342 cm³/mol. The molecule has 0 fully saturated rings. The Hall–Kier alpha value is -11.5. The highest BCUT2D eigenvalue weighted by molar-refractivity contribution is 6.29. The number of rotatable bonds is 11. The van der Waals surface area contributed by atoms with Crippen LogP contribution < -0.4 is 31.7 Å². The molecule has 6 N–H and O–H groups in total. The second kappa shape index (κ2) is 32.4. The third-order valence-corrected chi connectivity index (χ3v) is 11.9. The van der Waals surface area contributed by atoms with E-state index < -0.39 is 65.2 Å². The number of aromatic nitrogens is 12. The number of carbonyl (C=O) groups excluding carboxylic acids is 3. The van der Waals surface area contributed by atoms with E-state index in [0.717, 1.165) is 30.5 Å². The van der Waals surface area contributed by atoms with Gasteiger partial charge in [0.25, 0.3) is 12.9 Å². The number of fused-ring (bicyclic) bond motifs is 2. The molecule has 23 nitrogen and oxygen atoms in total. The highest BCUT2D eigenvalue weighted by Gasteiger charge is 2.21. The largest absolute Gasteiger partial charge is 0.444 e. The molecule has 500 valence electrons. The molecule has 11 rings (SSSR count). The zero-order valence-electron chi connectivity index (χ0n) is 52.4. The first kappa shape index (κ1) is 71.9. The molecule has 0 saturated heterocycles. The van der Waals surface area contributed by atoms with Crippen molar-refractivity contribution in [3.8, 4) is 34.7 Å². The van der Waals surface area contributed by atoms with Gasteiger partial charge in [0, 0.05) is 42.8 Å². The molecule has 0 unspecified atom stereocenters. The molecule has 0 aliphatic carbocycles. The summed E-state index contributed by atoms with van der Waals surface area (Å²) in [6, 6.07) is 30.2. The van der Waals surface area contributed by atoms with Gasteiger partial charge < -0.3 is 30.6 Å². The molecule has 0 saturated carbocycles. The van der Waals surface area contributed by atoms with Gasteiger partial charge in [-0.1, -0.05) is 41.9 Å². The van der Waals surface area contributed by atoms with Crippen LogP contribution in [0, 0.1) is 37.1 Å². The number of halogens is 9. The van der Waals surface area contributed by atoms with Crippen LogP contribution in [0.5, 0.6) is 11.6 Å². The number of benzene rings is 1. The van der Waals surface area contributed by atoms with E-state index in [0.29, 0.717) is 28.4 Å². The van der Waals surface area contributed by atoms with Crippen LogP contribution in [0.2, 0.25) is 5.15 Å². The van der Waals surface area contributed by atoms with Crippen LogP contribution >= 0.6 is 11.6 Å². The number of para-hydroxylation sites is 1. The lowest BCUT2D eigenvalue weighted by Crippen LogP contribution is -2.27. The van der Waals surface area contributed by atoms with Crippen molar-refractivity contribution in [1.29, 1.82) is 0 Å². The fourth-order valence-corrected chi connectivity index (χ4v) is 7.83. The summed E-state index contributed by atoms with van der Waals surface area (Å²) in [5.74, 6) is -1.17. The molecule has 10 aromatic heterocycles. The molecule has 1 aromatic carbocycles. The summed E-state index contributed by atoms with van der Waals surface area (Å²) in [6.45, 7) is 15.1. The van der Waals surface area contributed by atoms with Gasteiger partial charge in [-0.15, -0.1) is 10.2 Å². The number of nitrogens with two attached hydrogens (primary N) is 1. The topological polar surface area (TPSA) is 291 Å². The van der Waals surface area contributed by atoms with E-state index in [2.05, 4.69) is 71.3 Å². The molecule has 11 aromatic rings. The summed E-state index contributed by atoms with van der Waals surface area (Å²) >= 11 is 5.56. The number of nitrogens with one attached hydrogen (secondary N) is 4. The first-order chi connectivity index (χ1) is 45.4. The van der Waals surface area contributed by atoms with Gasteiger partial charge in [0.05, 0.1) is 47.5 Å². The molecule has 0 aliphatic rings. The lowest BCUT2D eigenvalue weighted by molar-refractivity contribution is -0.114. The molecule has 0 spiro atoms. The number of ether oxygens (including phenoxy) is 3. The Labute approximate surface area is 547 Å². The van der Waals surface area contributed by atoms with E-state index in [1.807, 2.05) is 24.3 Å². The second-order valence-corrected chi connectivity index (χ2v) is 22.2. The number of hydrogen-bond acceptors (Lipinski definition) is 18. The van der Waals surface area contributed by atoms with E-state index >= 15 is 0 Å². The normalized spacial score (nSPS) is 11.0. The van der Waals surface area contributed by atoms with Gasteiger partial charge in [-0.3, -0.25) is 25.4 Å². The Kier molecular flexibility index (Phi) is 24.3. The van der Waals surface area contributed by atoms with Crippen molar-refractivity contribution in [2.75, 3.05) is 27.0 Å². The Balaban J connectivity index is 0.000000178. The number of amides is 3. The molecule has 32 heteroatoms. The van der Waals surface area contributed by atoms with Gasteiger partial charge in [-0.2, -0.15) is 4.98 Å². The number of anilines is 6. The molecular formula is C64H60ClF8N17O6. The van der Waals surface area contributed by atoms with Gasteiger partial charge in [0.15, 0.2) is 29.1 Å². The first-order valence-electron chi connectivity index (χ1n) is 28.3. The summed E-state index contributed by atoms with van der Waals surface area (Å²) < 4.78 is 124. The van der Waals surface area contributed by atoms with Gasteiger partial charge in [-0.25, -0.2) is 78.7 Å². The molecule has 10 heterocycles. The van der Waals surface area contributed by atoms with Crippen molar-refractivity contribution in [3.63, 3.8) is 0 Å². The second-order valence-electron chi connectivity index (χ2n) is 21.9. The maximum absolute atomic E-state index is 14.3. The number of nitrogens with zero attached hydrogens (tertiary/aromatic N) is 12. The van der Waals surface area contributed by atoms with Gasteiger partial charge >= 0.3 is 12.2 Å². The number of aryl methyl sites for hydroxylation is 2. The first-order valence-corrected chi connectivity index (χ1v) is 28.7. The number of pyridine rings is 6. The minimum absolute atomic E-state index is 0.00999. The van der Waals surface area contributed by atoms with Crippen molar-refractivity contribution < 1.29 is 63.7 Å². The van der Waals surface area contributed by atoms with Crippen LogP contribution in [-0.4, -0.2) is 88.4 Å². The lowest BCUT2D eigenvalue weighted by Gasteiger charge is -2.19. The van der Waals surface area contributed by atoms with E-state index in [4.69, 9.17) is 31.5 Å². The third-order valence-electron chi connectivity index (χ3n) is 11.7. The van der Waals surface area contributed by atoms with Crippen molar-refractivity contribution in [3.05, 3.63) is 204 Å². The van der Waals surface area contributed by atoms with E-state index in [9.17, 15) is 49.5 Å². The van der Waals surface area contributed by atoms with Crippen molar-refractivity contribution in [1.82, 2.24) is 59.1 Å². The summed E-state index contributed by atoms with van der Waals surface area (Å²) in [6.07, 6.45) is 0.598. The molecule has 0 aliphatic heterocycles. The zero-order valence-corrected chi connectivity index (χ0v) is 53.1. The van der Waals surface area contributed by atoms with Crippen LogP contribution in [0.1, 0.15) is 84.1 Å². The fourth-order valence-electron chi connectivity index (χ4n) is 7.67. The van der Waals surface area contributed by atoms with E-state index in [1.54, 1.807) is 109 Å². The predicted octanol–water partition coefficient (Wildman–Crippen LogP) is 15.7. The molecular weight excluding hydrogens is 1290 g/mol. The Bertz CT molecular complexity index is 4420. The maximum Gasteiger partial charge on any atom is 0.412 e. The molecule has 0 atom stereocenters. The highest BCUT2D eigenvalue weighted by Crippen LogP contribution is 2.30. The summed E-state index contributed by atoms with van der Waals surface area (Å²) in [7, 11) is 0. The van der Waals surface area contributed by atoms with E-state index in [-0.39, 0.29) is 74.2 Å². The van der Waals surface area contributed by atoms with Crippen LogP contribution in [-0.2, 0) is 14.3 Å². The van der Waals surface area contributed by atoms with Crippen LogP contribution in [0.4, 0.5) is 79.1 Å². The monoisotopic (exact) mass is 1350 g/mol. The summed E-state index contributed by atoms with van der Waals surface area (Å²) in [4.78, 5) is 65.3.